The number of hydrogen-bond acceptors (Lipinski definition) is 4. The lowest BCUT2D eigenvalue weighted by molar-refractivity contribution is 0.0766. The Balaban J connectivity index is 1.56. The molecule has 2 aromatic rings. The Morgan fingerprint density at radius 1 is 1.21 bits per heavy atom. The van der Waals surface area contributed by atoms with E-state index in [9.17, 15) is 14.7 Å². The van der Waals surface area contributed by atoms with Crippen LogP contribution in [0.3, 0.4) is 0 Å². The Hall–Kier alpha value is -2.70. The number of amides is 2. The topological polar surface area (TPSA) is 72.9 Å². The van der Waals surface area contributed by atoms with Gasteiger partial charge in [-0.1, -0.05) is 30.3 Å². The van der Waals surface area contributed by atoms with Gasteiger partial charge in [0.1, 0.15) is 0 Å². The van der Waals surface area contributed by atoms with Crippen LogP contribution in [0.1, 0.15) is 43.4 Å². The van der Waals surface area contributed by atoms with E-state index in [-0.39, 0.29) is 11.8 Å². The zero-order valence-corrected chi connectivity index (χ0v) is 16.2. The first-order chi connectivity index (χ1) is 13.5. The summed E-state index contributed by atoms with van der Waals surface area (Å²) in [5.74, 6) is -0.280. The number of carbonyl (C=O) groups excluding carboxylic acids is 2. The van der Waals surface area contributed by atoms with E-state index >= 15 is 0 Å². The summed E-state index contributed by atoms with van der Waals surface area (Å²) < 4.78 is 0. The highest BCUT2D eigenvalue weighted by Gasteiger charge is 2.34. The van der Waals surface area contributed by atoms with Crippen molar-refractivity contribution in [1.82, 2.24) is 15.1 Å². The average Bonchev–Trinajstić information content (AvgIpc) is 3.17. The molecule has 2 atom stereocenters. The molecule has 2 N–H and O–H groups in total. The van der Waals surface area contributed by atoms with Crippen molar-refractivity contribution < 1.29 is 14.7 Å². The number of hydrogen-bond donors (Lipinski definition) is 2. The summed E-state index contributed by atoms with van der Waals surface area (Å²) >= 11 is 0. The second-order valence-electron chi connectivity index (χ2n) is 7.78. The van der Waals surface area contributed by atoms with E-state index in [1.165, 1.54) is 0 Å². The van der Waals surface area contributed by atoms with Gasteiger partial charge >= 0.3 is 0 Å². The second kappa shape index (κ2) is 7.37. The van der Waals surface area contributed by atoms with Crippen molar-refractivity contribution in [3.8, 4) is 0 Å². The number of benzene rings is 2. The van der Waals surface area contributed by atoms with Gasteiger partial charge in [0.05, 0.1) is 12.1 Å². The Bertz CT molecular complexity index is 925. The van der Waals surface area contributed by atoms with Crippen LogP contribution in [0, 0.1) is 0 Å². The third-order valence-corrected chi connectivity index (χ3v) is 5.59. The lowest BCUT2D eigenvalue weighted by Gasteiger charge is -2.20. The molecule has 0 radical (unpaired) electrons. The molecule has 28 heavy (non-hydrogen) atoms. The zero-order chi connectivity index (χ0) is 19.8. The van der Waals surface area contributed by atoms with Crippen LogP contribution >= 0.6 is 0 Å². The molecule has 0 saturated carbocycles. The molecule has 1 heterocycles. The summed E-state index contributed by atoms with van der Waals surface area (Å²) in [5, 5.41) is 13.4. The highest BCUT2D eigenvalue weighted by molar-refractivity contribution is 6.04. The second-order valence-corrected chi connectivity index (χ2v) is 7.78. The number of aliphatic hydroxyl groups is 1. The van der Waals surface area contributed by atoms with Crippen molar-refractivity contribution >= 4 is 11.8 Å². The number of likely N-dealkylation sites (N-methyl/N-ethyl adjacent to an activating group) is 1. The fourth-order valence-electron chi connectivity index (χ4n) is 4.07. The SMILES string of the molecule is CN(C)CCN1Cc2c(C(=O)N[C@@H]3c4ccccc4C[C@@H]3O)cccc2C1=O. The van der Waals surface area contributed by atoms with Crippen LogP contribution in [0.5, 0.6) is 0 Å². The number of nitrogens with one attached hydrogen (secondary N) is 1. The standard InChI is InChI=1S/C22H25N3O3/c1-24(2)10-11-25-13-18-16(8-5-9-17(18)22(25)28)21(27)23-20-15-7-4-3-6-14(15)12-19(20)26/h3-9,19-20,26H,10-13H2,1-2H3,(H,23,27)/t19-,20+/m0/s1. The van der Waals surface area contributed by atoms with Gasteiger partial charge in [-0.05, 0) is 42.9 Å². The summed E-state index contributed by atoms with van der Waals surface area (Å²) in [6, 6.07) is 12.6. The van der Waals surface area contributed by atoms with Crippen molar-refractivity contribution in [3.63, 3.8) is 0 Å². The minimum atomic E-state index is -0.642. The molecule has 6 heteroatoms. The third kappa shape index (κ3) is 3.30. The predicted octanol–water partition coefficient (Wildman–Crippen LogP) is 1.59. The van der Waals surface area contributed by atoms with Crippen molar-refractivity contribution in [3.05, 3.63) is 70.3 Å². The van der Waals surface area contributed by atoms with E-state index < -0.39 is 12.1 Å². The molecule has 0 bridgehead atoms. The van der Waals surface area contributed by atoms with Crippen LogP contribution in [0.25, 0.3) is 0 Å². The predicted molar refractivity (Wildman–Crippen MR) is 106 cm³/mol. The lowest BCUT2D eigenvalue weighted by atomic mass is 10.0. The Labute approximate surface area is 164 Å². The average molecular weight is 379 g/mol. The summed E-state index contributed by atoms with van der Waals surface area (Å²) in [6.45, 7) is 1.83. The molecule has 0 unspecified atom stereocenters. The Kier molecular flexibility index (Phi) is 4.91. The molecule has 0 spiro atoms. The summed E-state index contributed by atoms with van der Waals surface area (Å²) in [5.41, 5.74) is 3.89. The first kappa shape index (κ1) is 18.7. The number of aliphatic hydroxyl groups excluding tert-OH is 1. The molecule has 2 aromatic carbocycles. The minimum absolute atomic E-state index is 0.0299. The van der Waals surface area contributed by atoms with Crippen LogP contribution < -0.4 is 5.32 Å². The van der Waals surface area contributed by atoms with Crippen molar-refractivity contribution in [2.75, 3.05) is 27.2 Å². The monoisotopic (exact) mass is 379 g/mol. The van der Waals surface area contributed by atoms with Gasteiger partial charge < -0.3 is 20.2 Å². The quantitative estimate of drug-likeness (QED) is 0.828. The highest BCUT2D eigenvalue weighted by Crippen LogP contribution is 2.32. The Morgan fingerprint density at radius 2 is 2.00 bits per heavy atom. The van der Waals surface area contributed by atoms with E-state index in [4.69, 9.17) is 0 Å². The maximum atomic E-state index is 13.0. The van der Waals surface area contributed by atoms with Gasteiger partial charge in [-0.3, -0.25) is 9.59 Å². The van der Waals surface area contributed by atoms with Gasteiger partial charge in [0, 0.05) is 37.2 Å². The molecule has 1 aliphatic heterocycles. The largest absolute Gasteiger partial charge is 0.390 e. The third-order valence-electron chi connectivity index (χ3n) is 5.59. The smallest absolute Gasteiger partial charge is 0.254 e. The molecule has 0 saturated heterocycles. The van der Waals surface area contributed by atoms with Gasteiger partial charge in [-0.2, -0.15) is 0 Å². The molecular weight excluding hydrogens is 354 g/mol. The molecule has 4 rings (SSSR count). The minimum Gasteiger partial charge on any atom is -0.390 e. The van der Waals surface area contributed by atoms with Crippen LogP contribution in [-0.2, 0) is 13.0 Å². The van der Waals surface area contributed by atoms with Gasteiger partial charge in [0.15, 0.2) is 0 Å². The number of carbonyl (C=O) groups is 2. The fraction of sp³-hybridized carbons (Fsp3) is 0.364. The van der Waals surface area contributed by atoms with Crippen LogP contribution in [0.2, 0.25) is 0 Å². The number of fused-ring (bicyclic) bond motifs is 2. The molecule has 146 valence electrons. The summed E-state index contributed by atoms with van der Waals surface area (Å²) in [7, 11) is 3.94. The fourth-order valence-corrected chi connectivity index (χ4v) is 4.07. The normalized spacial score (nSPS) is 20.4. The maximum absolute atomic E-state index is 13.0. The van der Waals surface area contributed by atoms with E-state index in [0.717, 1.165) is 23.2 Å². The zero-order valence-electron chi connectivity index (χ0n) is 16.2. The summed E-state index contributed by atoms with van der Waals surface area (Å²) in [6.07, 6.45) is -0.110. The summed E-state index contributed by atoms with van der Waals surface area (Å²) in [4.78, 5) is 29.5. The van der Waals surface area contributed by atoms with Crippen LogP contribution in [-0.4, -0.2) is 60.0 Å². The van der Waals surface area contributed by atoms with E-state index in [1.807, 2.05) is 43.3 Å². The molecule has 0 aromatic heterocycles. The van der Waals surface area contributed by atoms with Gasteiger partial charge in [0.2, 0.25) is 0 Å². The maximum Gasteiger partial charge on any atom is 0.254 e. The van der Waals surface area contributed by atoms with E-state index in [1.54, 1.807) is 23.1 Å². The van der Waals surface area contributed by atoms with Gasteiger partial charge in [-0.15, -0.1) is 0 Å². The molecule has 0 fully saturated rings. The molecule has 2 amide bonds. The first-order valence-corrected chi connectivity index (χ1v) is 9.58. The van der Waals surface area contributed by atoms with Gasteiger partial charge in [-0.25, -0.2) is 0 Å². The molecule has 1 aliphatic carbocycles. The highest BCUT2D eigenvalue weighted by atomic mass is 16.3. The Morgan fingerprint density at radius 3 is 2.79 bits per heavy atom. The first-order valence-electron chi connectivity index (χ1n) is 9.58. The van der Waals surface area contributed by atoms with Gasteiger partial charge in [0.25, 0.3) is 11.8 Å². The van der Waals surface area contributed by atoms with Crippen LogP contribution in [0.15, 0.2) is 42.5 Å². The van der Waals surface area contributed by atoms with E-state index in [2.05, 4.69) is 5.32 Å². The van der Waals surface area contributed by atoms with Crippen molar-refractivity contribution in [2.24, 2.45) is 0 Å². The molecular formula is C22H25N3O3. The lowest BCUT2D eigenvalue weighted by Crippen LogP contribution is -2.34. The number of nitrogens with zero attached hydrogens (tertiary/aromatic N) is 2. The van der Waals surface area contributed by atoms with E-state index in [0.29, 0.717) is 30.6 Å². The van der Waals surface area contributed by atoms with Crippen molar-refractivity contribution in [1.29, 1.82) is 0 Å². The van der Waals surface area contributed by atoms with Crippen LogP contribution in [0.4, 0.5) is 0 Å². The molecule has 6 nitrogen and oxygen atoms in total. The molecule has 2 aliphatic rings. The van der Waals surface area contributed by atoms with Crippen molar-refractivity contribution in [2.45, 2.75) is 25.1 Å². The number of rotatable bonds is 5.